The van der Waals surface area contributed by atoms with Crippen molar-refractivity contribution in [2.45, 2.75) is 55.9 Å². The molecule has 0 fully saturated rings. The van der Waals surface area contributed by atoms with E-state index in [1.165, 1.54) is 24.6 Å². The smallest absolute Gasteiger partial charge is 0.336 e. The molecule has 3 unspecified atom stereocenters. The topological polar surface area (TPSA) is 87.1 Å². The van der Waals surface area contributed by atoms with Gasteiger partial charge in [-0.3, -0.25) is 4.21 Å². The number of unbranched alkanes of at least 4 members (excludes halogenated alkanes) is 1. The number of hydrogen-bond acceptors (Lipinski definition) is 6. The summed E-state index contributed by atoms with van der Waals surface area (Å²) in [5.41, 5.74) is 1.91. The molecule has 0 aromatic heterocycles. The molecule has 182 valence electrons. The van der Waals surface area contributed by atoms with Crippen molar-refractivity contribution in [3.63, 3.8) is 0 Å². The summed E-state index contributed by atoms with van der Waals surface area (Å²) in [5.74, 6) is -0.0647. The average Bonchev–Trinajstić information content (AvgIpc) is 2.98. The highest BCUT2D eigenvalue weighted by Gasteiger charge is 2.28. The minimum Gasteiger partial charge on any atom is -0.489 e. The van der Waals surface area contributed by atoms with Crippen LogP contribution in [-0.2, 0) is 15.6 Å². The minimum atomic E-state index is -1.61. The molecular formula is C25H35NO5S2. The van der Waals surface area contributed by atoms with Crippen molar-refractivity contribution in [1.29, 1.82) is 0 Å². The van der Waals surface area contributed by atoms with Crippen LogP contribution in [0.5, 0.6) is 5.75 Å². The Morgan fingerprint density at radius 2 is 1.88 bits per heavy atom. The number of thioether (sulfide) groups is 1. The zero-order chi connectivity index (χ0) is 24.4. The molecule has 3 atom stereocenters. The van der Waals surface area contributed by atoms with Gasteiger partial charge in [-0.2, -0.15) is 0 Å². The van der Waals surface area contributed by atoms with Crippen molar-refractivity contribution in [3.8, 4) is 5.75 Å². The maximum absolute atomic E-state index is 13.1. The minimum absolute atomic E-state index is 0.277. The molecule has 3 rings (SSSR count). The Morgan fingerprint density at radius 1 is 1.21 bits per heavy atom. The molecule has 0 amide bonds. The SMILES string of the molecule is CCC1CN(c2ccccc2)c2cc(SC)c(OCC(O)C(=O)O)cc2S(=O)C1.CCCC. The second-order valence-electron chi connectivity index (χ2n) is 7.87. The summed E-state index contributed by atoms with van der Waals surface area (Å²) in [4.78, 5) is 14.6. The third-order valence-corrected chi connectivity index (χ3v) is 7.79. The summed E-state index contributed by atoms with van der Waals surface area (Å²) in [6.07, 6.45) is 3.85. The zero-order valence-corrected chi connectivity index (χ0v) is 21.5. The number of carbonyl (C=O) groups is 1. The molecule has 0 aliphatic carbocycles. The fourth-order valence-corrected chi connectivity index (χ4v) is 5.39. The maximum atomic E-state index is 13.1. The number of nitrogens with zero attached hydrogens (tertiary/aromatic N) is 1. The van der Waals surface area contributed by atoms with Gasteiger partial charge in [0, 0.05) is 18.0 Å². The number of hydrogen-bond donors (Lipinski definition) is 2. The Bertz CT molecular complexity index is 921. The monoisotopic (exact) mass is 493 g/mol. The van der Waals surface area contributed by atoms with Crippen molar-refractivity contribution < 1.29 is 24.0 Å². The molecule has 1 aliphatic rings. The highest BCUT2D eigenvalue weighted by atomic mass is 32.2. The van der Waals surface area contributed by atoms with E-state index >= 15 is 0 Å². The highest BCUT2D eigenvalue weighted by Crippen LogP contribution is 2.42. The van der Waals surface area contributed by atoms with Crippen molar-refractivity contribution in [3.05, 3.63) is 42.5 Å². The molecule has 6 nitrogen and oxygen atoms in total. The van der Waals surface area contributed by atoms with E-state index in [-0.39, 0.29) is 12.5 Å². The molecule has 8 heteroatoms. The number of rotatable bonds is 8. The molecule has 0 spiro atoms. The van der Waals surface area contributed by atoms with Crippen LogP contribution in [0.25, 0.3) is 0 Å². The third-order valence-electron chi connectivity index (χ3n) is 5.44. The van der Waals surface area contributed by atoms with Gasteiger partial charge in [0.2, 0.25) is 0 Å². The number of para-hydroxylation sites is 1. The Hall–Kier alpha value is -2.03. The average molecular weight is 494 g/mol. The van der Waals surface area contributed by atoms with Crippen LogP contribution in [0, 0.1) is 5.92 Å². The van der Waals surface area contributed by atoms with Gasteiger partial charge in [-0.25, -0.2) is 4.79 Å². The van der Waals surface area contributed by atoms with Gasteiger partial charge in [-0.1, -0.05) is 58.2 Å². The molecule has 2 aromatic carbocycles. The molecule has 0 saturated carbocycles. The van der Waals surface area contributed by atoms with Crippen molar-refractivity contribution in [2.75, 3.05) is 30.1 Å². The second kappa shape index (κ2) is 13.6. The number of aliphatic hydroxyl groups is 1. The van der Waals surface area contributed by atoms with Gasteiger partial charge in [0.15, 0.2) is 6.10 Å². The summed E-state index contributed by atoms with van der Waals surface area (Å²) in [5, 5.41) is 18.4. The predicted molar refractivity (Wildman–Crippen MR) is 136 cm³/mol. The zero-order valence-electron chi connectivity index (χ0n) is 19.8. The first-order chi connectivity index (χ1) is 15.9. The molecule has 33 heavy (non-hydrogen) atoms. The number of aliphatic hydroxyl groups excluding tert-OH is 1. The van der Waals surface area contributed by atoms with Crippen LogP contribution < -0.4 is 9.64 Å². The first-order valence-electron chi connectivity index (χ1n) is 11.3. The lowest BCUT2D eigenvalue weighted by Gasteiger charge is -2.28. The normalized spacial score (nSPS) is 18.4. The van der Waals surface area contributed by atoms with Gasteiger partial charge in [-0.15, -0.1) is 11.8 Å². The van der Waals surface area contributed by atoms with Gasteiger partial charge in [-0.05, 0) is 36.4 Å². The Morgan fingerprint density at radius 3 is 2.42 bits per heavy atom. The van der Waals surface area contributed by atoms with Crippen LogP contribution >= 0.6 is 11.8 Å². The van der Waals surface area contributed by atoms with Crippen LogP contribution in [-0.4, -0.2) is 51.7 Å². The maximum Gasteiger partial charge on any atom is 0.336 e. The predicted octanol–water partition coefficient (Wildman–Crippen LogP) is 5.32. The van der Waals surface area contributed by atoms with E-state index in [2.05, 4.69) is 25.7 Å². The van der Waals surface area contributed by atoms with Crippen molar-refractivity contribution in [2.24, 2.45) is 5.92 Å². The van der Waals surface area contributed by atoms with E-state index in [4.69, 9.17) is 9.84 Å². The van der Waals surface area contributed by atoms with Gasteiger partial charge in [0.25, 0.3) is 0 Å². The lowest BCUT2D eigenvalue weighted by molar-refractivity contribution is -0.148. The first-order valence-corrected chi connectivity index (χ1v) is 13.9. The molecule has 2 aromatic rings. The second-order valence-corrected chi connectivity index (χ2v) is 10.2. The fourth-order valence-electron chi connectivity index (χ4n) is 3.25. The van der Waals surface area contributed by atoms with Crippen molar-refractivity contribution in [1.82, 2.24) is 0 Å². The number of anilines is 2. The Labute approximate surface area is 203 Å². The lowest BCUT2D eigenvalue weighted by Crippen LogP contribution is -2.27. The molecule has 0 radical (unpaired) electrons. The molecular weight excluding hydrogens is 458 g/mol. The first kappa shape index (κ1) is 27.2. The summed E-state index contributed by atoms with van der Waals surface area (Å²) < 4.78 is 18.7. The van der Waals surface area contributed by atoms with Crippen LogP contribution in [0.15, 0.2) is 52.3 Å². The summed E-state index contributed by atoms with van der Waals surface area (Å²) in [6, 6.07) is 13.7. The van der Waals surface area contributed by atoms with Crippen LogP contribution in [0.2, 0.25) is 0 Å². The Balaban J connectivity index is 0.000000890. The number of aliphatic carboxylic acids is 1. The molecule has 1 heterocycles. The fraction of sp³-hybridized carbons (Fsp3) is 0.480. The summed E-state index contributed by atoms with van der Waals surface area (Å²) in [6.45, 7) is 6.87. The Kier molecular flexibility index (Phi) is 11.2. The quantitative estimate of drug-likeness (QED) is 0.481. The van der Waals surface area contributed by atoms with Gasteiger partial charge < -0.3 is 19.8 Å². The van der Waals surface area contributed by atoms with Crippen LogP contribution in [0.4, 0.5) is 11.4 Å². The molecule has 0 saturated heterocycles. The number of fused-ring (bicyclic) bond motifs is 1. The number of carboxylic acids is 1. The molecule has 2 N–H and O–H groups in total. The van der Waals surface area contributed by atoms with Gasteiger partial charge >= 0.3 is 5.97 Å². The van der Waals surface area contributed by atoms with E-state index < -0.39 is 22.9 Å². The van der Waals surface area contributed by atoms with E-state index in [0.717, 1.165) is 29.2 Å². The molecule has 0 bridgehead atoms. The molecule has 1 aliphatic heterocycles. The van der Waals surface area contributed by atoms with E-state index in [0.29, 0.717) is 16.4 Å². The van der Waals surface area contributed by atoms with Crippen molar-refractivity contribution >= 4 is 39.9 Å². The van der Waals surface area contributed by atoms with E-state index in [1.54, 1.807) is 6.07 Å². The summed E-state index contributed by atoms with van der Waals surface area (Å²) in [7, 11) is -1.21. The number of ether oxygens (including phenoxy) is 1. The van der Waals surface area contributed by atoms with Crippen LogP contribution in [0.3, 0.4) is 0 Å². The number of carboxylic acid groups (broad SMARTS) is 1. The lowest BCUT2D eigenvalue weighted by atomic mass is 10.1. The standard InChI is InChI=1S/C21H25NO5S2.C4H10/c1-3-14-11-22(15-7-5-4-6-8-15)16-9-19(28-2)18(10-20(16)29(26)13-14)27-12-17(23)21(24)25;1-3-4-2/h4-10,14,17,23H,3,11-13H2,1-2H3,(H,24,25);3-4H2,1-2H3. The van der Waals surface area contributed by atoms with E-state index in [1.807, 2.05) is 42.7 Å². The summed E-state index contributed by atoms with van der Waals surface area (Å²) >= 11 is 1.46. The van der Waals surface area contributed by atoms with Gasteiger partial charge in [0.1, 0.15) is 12.4 Å². The van der Waals surface area contributed by atoms with Gasteiger partial charge in [0.05, 0.1) is 26.3 Å². The third kappa shape index (κ3) is 7.48. The van der Waals surface area contributed by atoms with Crippen LogP contribution in [0.1, 0.15) is 40.0 Å². The largest absolute Gasteiger partial charge is 0.489 e. The highest BCUT2D eigenvalue weighted by molar-refractivity contribution is 7.98. The van der Waals surface area contributed by atoms with E-state index in [9.17, 15) is 14.1 Å². The number of benzene rings is 2.